The summed E-state index contributed by atoms with van der Waals surface area (Å²) in [7, 11) is 0. The molecule has 0 saturated heterocycles. The monoisotopic (exact) mass is 299 g/mol. The number of nitrogens with zero attached hydrogens (tertiary/aromatic N) is 1. The van der Waals surface area contributed by atoms with Crippen LogP contribution in [0.4, 0.5) is 0 Å². The van der Waals surface area contributed by atoms with Gasteiger partial charge in [-0.25, -0.2) is 5.01 Å². The Hall–Kier alpha value is -1.91. The molecule has 0 aliphatic carbocycles. The summed E-state index contributed by atoms with van der Waals surface area (Å²) in [5, 5.41) is 5.90. The van der Waals surface area contributed by atoms with Crippen LogP contribution in [0.1, 0.15) is 18.1 Å². The van der Waals surface area contributed by atoms with Gasteiger partial charge in [-0.2, -0.15) is 0 Å². The molecule has 0 amide bonds. The van der Waals surface area contributed by atoms with E-state index in [1.807, 2.05) is 19.1 Å². The quantitative estimate of drug-likeness (QED) is 0.633. The fraction of sp³-hybridized carbons (Fsp3) is 0.235. The highest BCUT2D eigenvalue weighted by Crippen LogP contribution is 2.07. The smallest absolute Gasteiger partial charge is 0.181 e. The molecule has 3 nitrogen and oxygen atoms in total. The largest absolute Gasteiger partial charge is 0.362 e. The van der Waals surface area contributed by atoms with Crippen molar-refractivity contribution in [2.45, 2.75) is 20.0 Å². The van der Waals surface area contributed by atoms with Crippen molar-refractivity contribution in [2.75, 3.05) is 6.54 Å². The lowest BCUT2D eigenvalue weighted by atomic mass is 10.2. The normalized spacial score (nSPS) is 10.4. The van der Waals surface area contributed by atoms with E-state index in [1.165, 1.54) is 11.1 Å². The number of hydrogen-bond acceptors (Lipinski definition) is 2. The average molecular weight is 299 g/mol. The van der Waals surface area contributed by atoms with Crippen LogP contribution >= 0.6 is 12.2 Å². The van der Waals surface area contributed by atoms with Crippen molar-refractivity contribution in [3.8, 4) is 0 Å². The van der Waals surface area contributed by atoms with E-state index in [9.17, 15) is 0 Å². The maximum atomic E-state index is 5.30. The summed E-state index contributed by atoms with van der Waals surface area (Å²) in [6.45, 7) is 4.44. The molecule has 2 aromatic rings. The van der Waals surface area contributed by atoms with Crippen molar-refractivity contribution >= 4 is 17.3 Å². The first-order valence-electron chi connectivity index (χ1n) is 7.15. The number of nitrogens with one attached hydrogen (secondary N) is 2. The summed E-state index contributed by atoms with van der Waals surface area (Å²) in [4.78, 5) is 0. The van der Waals surface area contributed by atoms with Gasteiger partial charge in [-0.15, -0.1) is 0 Å². The van der Waals surface area contributed by atoms with Gasteiger partial charge in [-0.3, -0.25) is 5.43 Å². The minimum Gasteiger partial charge on any atom is -0.362 e. The van der Waals surface area contributed by atoms with E-state index in [0.29, 0.717) is 5.11 Å². The Labute approximate surface area is 132 Å². The predicted octanol–water partition coefficient (Wildman–Crippen LogP) is 3.09. The molecule has 2 N–H and O–H groups in total. The van der Waals surface area contributed by atoms with E-state index >= 15 is 0 Å². The molecule has 0 saturated carbocycles. The minimum atomic E-state index is 0.657. The van der Waals surface area contributed by atoms with Gasteiger partial charge < -0.3 is 5.32 Å². The summed E-state index contributed by atoms with van der Waals surface area (Å²) in [5.74, 6) is 0. The van der Waals surface area contributed by atoms with Gasteiger partial charge in [0, 0.05) is 19.6 Å². The average Bonchev–Trinajstić information content (AvgIpc) is 2.49. The van der Waals surface area contributed by atoms with Crippen LogP contribution in [0.5, 0.6) is 0 Å². The Morgan fingerprint density at radius 3 is 1.81 bits per heavy atom. The molecular weight excluding hydrogens is 278 g/mol. The van der Waals surface area contributed by atoms with Gasteiger partial charge in [-0.05, 0) is 30.3 Å². The molecule has 110 valence electrons. The molecule has 0 unspecified atom stereocenters. The molecular formula is C17H21N3S. The van der Waals surface area contributed by atoms with Crippen molar-refractivity contribution < 1.29 is 0 Å². The second-order valence-electron chi connectivity index (χ2n) is 4.80. The van der Waals surface area contributed by atoms with Crippen molar-refractivity contribution in [1.29, 1.82) is 0 Å². The summed E-state index contributed by atoms with van der Waals surface area (Å²) in [6.07, 6.45) is 0. The highest BCUT2D eigenvalue weighted by molar-refractivity contribution is 7.80. The fourth-order valence-electron chi connectivity index (χ4n) is 2.09. The third-order valence-corrected chi connectivity index (χ3v) is 3.27. The van der Waals surface area contributed by atoms with Gasteiger partial charge in [0.25, 0.3) is 0 Å². The first-order valence-corrected chi connectivity index (χ1v) is 7.56. The SMILES string of the molecule is CCNC(=S)NN(Cc1ccccc1)Cc1ccccc1. The van der Waals surface area contributed by atoms with Gasteiger partial charge >= 0.3 is 0 Å². The maximum absolute atomic E-state index is 5.30. The van der Waals surface area contributed by atoms with Crippen LogP contribution in [0.2, 0.25) is 0 Å². The Bertz CT molecular complexity index is 501. The van der Waals surface area contributed by atoms with E-state index < -0.39 is 0 Å². The van der Waals surface area contributed by atoms with Crippen LogP contribution < -0.4 is 10.7 Å². The molecule has 0 heterocycles. The van der Waals surface area contributed by atoms with Gasteiger partial charge in [-0.1, -0.05) is 60.7 Å². The summed E-state index contributed by atoms with van der Waals surface area (Å²) >= 11 is 5.30. The topological polar surface area (TPSA) is 27.3 Å². The molecule has 2 aromatic carbocycles. The maximum Gasteiger partial charge on any atom is 0.181 e. The van der Waals surface area contributed by atoms with Crippen molar-refractivity contribution in [2.24, 2.45) is 0 Å². The first-order chi connectivity index (χ1) is 10.3. The third kappa shape index (κ3) is 5.53. The van der Waals surface area contributed by atoms with Crippen molar-refractivity contribution in [3.63, 3.8) is 0 Å². The molecule has 0 atom stereocenters. The molecule has 0 spiro atoms. The zero-order valence-electron chi connectivity index (χ0n) is 12.3. The van der Waals surface area contributed by atoms with Gasteiger partial charge in [0.05, 0.1) is 0 Å². The summed E-state index contributed by atoms with van der Waals surface area (Å²) in [5.41, 5.74) is 5.77. The Balaban J connectivity index is 2.04. The lowest BCUT2D eigenvalue weighted by Crippen LogP contribution is -2.46. The molecule has 0 fully saturated rings. The number of rotatable bonds is 6. The van der Waals surface area contributed by atoms with E-state index in [4.69, 9.17) is 12.2 Å². The molecule has 21 heavy (non-hydrogen) atoms. The number of thiocarbonyl (C=S) groups is 1. The number of hydrogen-bond donors (Lipinski definition) is 2. The van der Waals surface area contributed by atoms with Crippen LogP contribution in [-0.2, 0) is 13.1 Å². The van der Waals surface area contributed by atoms with E-state index in [0.717, 1.165) is 19.6 Å². The van der Waals surface area contributed by atoms with E-state index in [1.54, 1.807) is 0 Å². The van der Waals surface area contributed by atoms with Gasteiger partial charge in [0.1, 0.15) is 0 Å². The third-order valence-electron chi connectivity index (χ3n) is 3.03. The second-order valence-corrected chi connectivity index (χ2v) is 5.21. The van der Waals surface area contributed by atoms with E-state index in [2.05, 4.69) is 64.3 Å². The molecule has 2 rings (SSSR count). The molecule has 0 aliphatic heterocycles. The predicted molar refractivity (Wildman–Crippen MR) is 91.5 cm³/mol. The molecule has 0 radical (unpaired) electrons. The zero-order valence-corrected chi connectivity index (χ0v) is 13.1. The molecule has 4 heteroatoms. The van der Waals surface area contributed by atoms with Crippen LogP contribution in [0.3, 0.4) is 0 Å². The number of benzene rings is 2. The zero-order chi connectivity index (χ0) is 14.9. The van der Waals surface area contributed by atoms with Gasteiger partial charge in [0.2, 0.25) is 0 Å². The summed E-state index contributed by atoms with van der Waals surface area (Å²) < 4.78 is 0. The minimum absolute atomic E-state index is 0.657. The van der Waals surface area contributed by atoms with E-state index in [-0.39, 0.29) is 0 Å². The molecule has 0 aliphatic rings. The standard InChI is InChI=1S/C17H21N3S/c1-2-18-17(21)19-20(13-15-9-5-3-6-10-15)14-16-11-7-4-8-12-16/h3-12H,2,13-14H2,1H3,(H2,18,19,21). The Kier molecular flexibility index (Phi) is 6.19. The number of hydrazine groups is 1. The highest BCUT2D eigenvalue weighted by Gasteiger charge is 2.08. The Morgan fingerprint density at radius 2 is 1.38 bits per heavy atom. The first kappa shape index (κ1) is 15.5. The lowest BCUT2D eigenvalue weighted by Gasteiger charge is -2.25. The summed E-state index contributed by atoms with van der Waals surface area (Å²) in [6, 6.07) is 20.8. The van der Waals surface area contributed by atoms with Gasteiger partial charge in [0.15, 0.2) is 5.11 Å². The Morgan fingerprint density at radius 1 is 0.905 bits per heavy atom. The second kappa shape index (κ2) is 8.39. The van der Waals surface area contributed by atoms with Crippen molar-refractivity contribution in [3.05, 3.63) is 71.8 Å². The lowest BCUT2D eigenvalue weighted by molar-refractivity contribution is 0.215. The molecule has 0 aromatic heterocycles. The fourth-order valence-corrected chi connectivity index (χ4v) is 2.36. The highest BCUT2D eigenvalue weighted by atomic mass is 32.1. The van der Waals surface area contributed by atoms with Crippen LogP contribution in [-0.4, -0.2) is 16.7 Å². The van der Waals surface area contributed by atoms with Crippen LogP contribution in [0.25, 0.3) is 0 Å². The molecule has 0 bridgehead atoms. The van der Waals surface area contributed by atoms with Crippen molar-refractivity contribution in [1.82, 2.24) is 15.8 Å². The van der Waals surface area contributed by atoms with Crippen LogP contribution in [0, 0.1) is 0 Å². The van der Waals surface area contributed by atoms with Crippen LogP contribution in [0.15, 0.2) is 60.7 Å².